The molecule has 0 aromatic heterocycles. The number of aliphatic hydroxyl groups excluding tert-OH is 2. The maximum absolute atomic E-state index is 12.9. The van der Waals surface area contributed by atoms with Crippen LogP contribution in [0, 0.1) is 11.8 Å². The van der Waals surface area contributed by atoms with Crippen LogP contribution in [0.3, 0.4) is 0 Å². The molecule has 1 fully saturated rings. The molecular formula is C41H62ClNO12. The van der Waals surface area contributed by atoms with E-state index in [4.69, 9.17) is 40.4 Å². The third-order valence-corrected chi connectivity index (χ3v) is 10.5. The van der Waals surface area contributed by atoms with Crippen LogP contribution in [0.5, 0.6) is 0 Å². The van der Waals surface area contributed by atoms with Crippen molar-refractivity contribution in [1.29, 1.82) is 0 Å². The summed E-state index contributed by atoms with van der Waals surface area (Å²) in [5, 5.41) is 51.5. The molecule has 2 aliphatic heterocycles. The highest BCUT2D eigenvalue weighted by atomic mass is 35.5. The number of aliphatic hydroxyl groups is 4. The molecule has 310 valence electrons. The zero-order chi connectivity index (χ0) is 41.5. The van der Waals surface area contributed by atoms with E-state index < -0.39 is 53.4 Å². The SMILES string of the molecule is CC[C@H](OC)[C@@H](C)[C@H]1O[C@@H]1C(N(CCO)Cc1ccc(Cl)cc1)C(C)(O)/C=C/C=C(\C)[C@@H]1OC(=O)C[C@H](O)CC[C@@](C)(O)[C@@H](OC(C)=O)/C=C/[C@@H]1C.O=CO. The summed E-state index contributed by atoms with van der Waals surface area (Å²) in [6, 6.07) is 6.89. The first-order valence-electron chi connectivity index (χ1n) is 18.7. The van der Waals surface area contributed by atoms with Crippen molar-refractivity contribution in [1.82, 2.24) is 4.90 Å². The second-order valence-corrected chi connectivity index (χ2v) is 15.3. The van der Waals surface area contributed by atoms with Crippen LogP contribution in [0.15, 0.2) is 60.2 Å². The molecule has 14 heteroatoms. The molecule has 55 heavy (non-hydrogen) atoms. The topological polar surface area (TPSA) is 196 Å². The highest BCUT2D eigenvalue weighted by Gasteiger charge is 2.56. The Kier molecular flexibility index (Phi) is 19.7. The quantitative estimate of drug-likeness (QED) is 0.0543. The van der Waals surface area contributed by atoms with Gasteiger partial charge in [-0.05, 0) is 69.4 Å². The highest BCUT2D eigenvalue weighted by molar-refractivity contribution is 6.30. The lowest BCUT2D eigenvalue weighted by Gasteiger charge is -2.39. The fraction of sp³-hybridized carbons (Fsp3) is 0.634. The summed E-state index contributed by atoms with van der Waals surface area (Å²) in [5.74, 6) is -1.51. The van der Waals surface area contributed by atoms with E-state index in [0.29, 0.717) is 17.1 Å². The minimum atomic E-state index is -1.47. The number of carbonyl (C=O) groups is 3. The van der Waals surface area contributed by atoms with Crippen LogP contribution in [0.1, 0.15) is 79.7 Å². The summed E-state index contributed by atoms with van der Waals surface area (Å²) in [4.78, 5) is 35.2. The lowest BCUT2D eigenvalue weighted by atomic mass is 9.86. The molecule has 0 spiro atoms. The molecule has 0 amide bonds. The van der Waals surface area contributed by atoms with Gasteiger partial charge in [0.1, 0.15) is 23.9 Å². The van der Waals surface area contributed by atoms with Crippen molar-refractivity contribution >= 4 is 30.0 Å². The van der Waals surface area contributed by atoms with Gasteiger partial charge in [0, 0.05) is 44.0 Å². The van der Waals surface area contributed by atoms with Crippen LogP contribution < -0.4 is 0 Å². The third-order valence-electron chi connectivity index (χ3n) is 10.2. The van der Waals surface area contributed by atoms with E-state index in [1.54, 1.807) is 51.3 Å². The van der Waals surface area contributed by atoms with Crippen LogP contribution in [-0.2, 0) is 39.9 Å². The number of epoxide rings is 1. The van der Waals surface area contributed by atoms with Crippen LogP contribution in [0.4, 0.5) is 0 Å². The molecular weight excluding hydrogens is 734 g/mol. The number of hydrogen-bond donors (Lipinski definition) is 5. The monoisotopic (exact) mass is 795 g/mol. The highest BCUT2D eigenvalue weighted by Crippen LogP contribution is 2.41. The summed E-state index contributed by atoms with van der Waals surface area (Å²) in [6.07, 6.45) is 5.88. The lowest BCUT2D eigenvalue weighted by molar-refractivity contribution is -0.157. The van der Waals surface area contributed by atoms with Gasteiger partial charge in [-0.3, -0.25) is 19.3 Å². The molecule has 3 rings (SSSR count). The molecule has 2 unspecified atom stereocenters. The first-order chi connectivity index (χ1) is 25.8. The number of methoxy groups -OCH3 is 1. The predicted molar refractivity (Wildman–Crippen MR) is 208 cm³/mol. The molecule has 2 aliphatic rings. The summed E-state index contributed by atoms with van der Waals surface area (Å²) in [5.41, 5.74) is -1.31. The Labute approximate surface area is 330 Å². The molecule has 11 atom stereocenters. The smallest absolute Gasteiger partial charge is 0.309 e. The molecule has 13 nitrogen and oxygen atoms in total. The average molecular weight is 796 g/mol. The molecule has 1 saturated heterocycles. The van der Waals surface area contributed by atoms with E-state index in [9.17, 15) is 30.0 Å². The number of esters is 2. The standard InChI is InChI=1S/C40H60ClNO10.CH2O2/c1-9-32(49-8)27(4)36-37(52-36)38(42(21-22-43)24-29-13-15-30(41)16-14-29)40(7,48)19-10-11-25(2)35-26(3)12-17-33(50-28(5)44)39(6,47)20-18-31(45)23-34(46)51-35;2-1-3/h10-17,19,26-27,31-33,35-38,43,45,47-48H,9,18,20-24H2,1-8H3;1H,(H,2,3)/b17-12+,19-10+,25-11+;/t26-,27+,31+,32-,33-,35-,36+,37-,38?,39+,40?;/m0./s1. The summed E-state index contributed by atoms with van der Waals surface area (Å²) in [6.45, 7) is 12.6. The maximum atomic E-state index is 12.9. The molecule has 0 bridgehead atoms. The van der Waals surface area contributed by atoms with Crippen LogP contribution in [0.2, 0.25) is 5.02 Å². The van der Waals surface area contributed by atoms with E-state index in [1.165, 1.54) is 13.8 Å². The van der Waals surface area contributed by atoms with Crippen molar-refractivity contribution in [3.05, 3.63) is 70.8 Å². The third kappa shape index (κ3) is 15.0. The number of allylic oxidation sites excluding steroid dienone is 2. The first-order valence-corrected chi connectivity index (χ1v) is 19.1. The Hall–Kier alpha value is -3.14. The number of halogens is 1. The van der Waals surface area contributed by atoms with E-state index in [2.05, 4.69) is 13.8 Å². The van der Waals surface area contributed by atoms with Crippen molar-refractivity contribution in [2.24, 2.45) is 11.8 Å². The Bertz CT molecular complexity index is 1440. The normalized spacial score (nSPS) is 29.6. The van der Waals surface area contributed by atoms with Gasteiger partial charge in [-0.1, -0.05) is 68.8 Å². The van der Waals surface area contributed by atoms with E-state index >= 15 is 0 Å². The fourth-order valence-corrected chi connectivity index (χ4v) is 7.30. The molecule has 5 N–H and O–H groups in total. The Morgan fingerprint density at radius 2 is 1.84 bits per heavy atom. The number of cyclic esters (lactones) is 1. The van der Waals surface area contributed by atoms with Crippen molar-refractivity contribution in [3.63, 3.8) is 0 Å². The first kappa shape index (κ1) is 48.0. The average Bonchev–Trinajstić information content (AvgIpc) is 3.89. The predicted octanol–water partition coefficient (Wildman–Crippen LogP) is 4.62. The number of nitrogens with zero attached hydrogens (tertiary/aromatic N) is 1. The number of ether oxygens (including phenoxy) is 4. The van der Waals surface area contributed by atoms with Gasteiger partial charge < -0.3 is 44.5 Å². The summed E-state index contributed by atoms with van der Waals surface area (Å²) >= 11 is 6.15. The molecule has 1 aromatic carbocycles. The van der Waals surface area contributed by atoms with Gasteiger partial charge >= 0.3 is 11.9 Å². The Balaban J connectivity index is 0.00000337. The molecule has 1 aromatic rings. The summed E-state index contributed by atoms with van der Waals surface area (Å²) in [7, 11) is 1.69. The molecule has 0 radical (unpaired) electrons. The second-order valence-electron chi connectivity index (χ2n) is 14.9. The fourth-order valence-electron chi connectivity index (χ4n) is 7.17. The van der Waals surface area contributed by atoms with Crippen LogP contribution in [-0.4, -0.2) is 123 Å². The van der Waals surface area contributed by atoms with Crippen molar-refractivity contribution in [2.75, 3.05) is 20.3 Å². The van der Waals surface area contributed by atoms with Crippen molar-refractivity contribution in [2.45, 2.75) is 135 Å². The number of carbonyl (C=O) groups excluding carboxylic acids is 2. The number of benzene rings is 1. The zero-order valence-corrected chi connectivity index (χ0v) is 34.1. The minimum absolute atomic E-state index is 0.0227. The van der Waals surface area contributed by atoms with Crippen LogP contribution >= 0.6 is 11.6 Å². The van der Waals surface area contributed by atoms with Gasteiger partial charge in [-0.25, -0.2) is 0 Å². The molecule has 0 aliphatic carbocycles. The minimum Gasteiger partial charge on any atom is -0.483 e. The Morgan fingerprint density at radius 1 is 1.20 bits per heavy atom. The zero-order valence-electron chi connectivity index (χ0n) is 33.3. The lowest BCUT2D eigenvalue weighted by Crippen LogP contribution is -2.54. The molecule has 0 saturated carbocycles. The number of hydrogen-bond acceptors (Lipinski definition) is 12. The van der Waals surface area contributed by atoms with E-state index in [1.807, 2.05) is 36.1 Å². The second kappa shape index (κ2) is 22.6. The van der Waals surface area contributed by atoms with Crippen molar-refractivity contribution < 1.29 is 58.9 Å². The number of carboxylic acid groups (broad SMARTS) is 1. The number of rotatable bonds is 15. The van der Waals surface area contributed by atoms with Gasteiger partial charge in [-0.2, -0.15) is 0 Å². The van der Waals surface area contributed by atoms with Gasteiger partial charge in [-0.15, -0.1) is 0 Å². The summed E-state index contributed by atoms with van der Waals surface area (Å²) < 4.78 is 23.3. The van der Waals surface area contributed by atoms with Gasteiger partial charge in [0.25, 0.3) is 6.47 Å². The van der Waals surface area contributed by atoms with Gasteiger partial charge in [0.05, 0.1) is 43.0 Å². The van der Waals surface area contributed by atoms with E-state index in [0.717, 1.165) is 12.0 Å². The van der Waals surface area contributed by atoms with Crippen LogP contribution in [0.25, 0.3) is 0 Å². The maximum Gasteiger partial charge on any atom is 0.309 e. The Morgan fingerprint density at radius 3 is 2.40 bits per heavy atom. The largest absolute Gasteiger partial charge is 0.483 e. The molecule has 2 heterocycles. The van der Waals surface area contributed by atoms with E-state index in [-0.39, 0.29) is 63.1 Å². The van der Waals surface area contributed by atoms with Gasteiger partial charge in [0.15, 0.2) is 0 Å². The van der Waals surface area contributed by atoms with Gasteiger partial charge in [0.2, 0.25) is 0 Å². The van der Waals surface area contributed by atoms with Crippen molar-refractivity contribution in [3.8, 4) is 0 Å².